The molecule has 1 amide bonds. The van der Waals surface area contributed by atoms with Crippen molar-refractivity contribution in [2.75, 3.05) is 5.32 Å². The molecule has 0 unspecified atom stereocenters. The molecule has 0 atom stereocenters. The first-order chi connectivity index (χ1) is 20.6. The summed E-state index contributed by atoms with van der Waals surface area (Å²) in [7, 11) is 0. The molecule has 1 aliphatic carbocycles. The SMILES string of the molecule is O=C(Nc1ccc2c(c(-c3cccc(F)c3)nn2C(c2ccccc2)(c2ccccc2)c2ccccc2)c1Br)C1CC1. The van der Waals surface area contributed by atoms with Crippen molar-refractivity contribution in [1.29, 1.82) is 0 Å². The van der Waals surface area contributed by atoms with Crippen molar-refractivity contribution in [3.63, 3.8) is 0 Å². The second-order valence-electron chi connectivity index (χ2n) is 10.7. The van der Waals surface area contributed by atoms with E-state index in [2.05, 4.69) is 62.3 Å². The first-order valence-corrected chi connectivity index (χ1v) is 14.8. The fourth-order valence-corrected chi connectivity index (χ4v) is 6.47. The molecule has 1 aliphatic rings. The second kappa shape index (κ2) is 10.7. The zero-order valence-electron chi connectivity index (χ0n) is 22.7. The van der Waals surface area contributed by atoms with Gasteiger partial charge in [0.05, 0.1) is 15.7 Å². The molecule has 0 bridgehead atoms. The number of carbonyl (C=O) groups excluding carboxylic acids is 1. The molecular formula is C36H27BrFN3O. The van der Waals surface area contributed by atoms with Crippen molar-refractivity contribution in [3.8, 4) is 11.3 Å². The third-order valence-corrected chi connectivity index (χ3v) is 8.81. The topological polar surface area (TPSA) is 46.9 Å². The summed E-state index contributed by atoms with van der Waals surface area (Å²) < 4.78 is 17.4. The molecule has 1 heterocycles. The Morgan fingerprint density at radius 2 is 1.36 bits per heavy atom. The second-order valence-corrected chi connectivity index (χ2v) is 11.5. The summed E-state index contributed by atoms with van der Waals surface area (Å²) in [5, 5.41) is 9.23. The number of hydrogen-bond acceptors (Lipinski definition) is 2. The molecule has 1 saturated carbocycles. The van der Waals surface area contributed by atoms with Gasteiger partial charge >= 0.3 is 0 Å². The van der Waals surface area contributed by atoms with Crippen molar-refractivity contribution >= 4 is 38.4 Å². The number of fused-ring (bicyclic) bond motifs is 1. The lowest BCUT2D eigenvalue weighted by Gasteiger charge is -2.37. The molecule has 1 aromatic heterocycles. The van der Waals surface area contributed by atoms with E-state index < -0.39 is 5.54 Å². The van der Waals surface area contributed by atoms with Gasteiger partial charge in [-0.05, 0) is 69.7 Å². The predicted molar refractivity (Wildman–Crippen MR) is 169 cm³/mol. The largest absolute Gasteiger partial charge is 0.325 e. The lowest BCUT2D eigenvalue weighted by atomic mass is 9.77. The third-order valence-electron chi connectivity index (χ3n) is 7.98. The Hall–Kier alpha value is -4.55. The van der Waals surface area contributed by atoms with Crippen molar-refractivity contribution in [1.82, 2.24) is 9.78 Å². The highest BCUT2D eigenvalue weighted by molar-refractivity contribution is 9.10. The molecule has 42 heavy (non-hydrogen) atoms. The molecule has 206 valence electrons. The Morgan fingerprint density at radius 1 is 0.786 bits per heavy atom. The van der Waals surface area contributed by atoms with Gasteiger partial charge in [0, 0.05) is 16.9 Å². The summed E-state index contributed by atoms with van der Waals surface area (Å²) in [6.07, 6.45) is 1.82. The number of aromatic nitrogens is 2. The summed E-state index contributed by atoms with van der Waals surface area (Å²) in [6, 6.07) is 41.4. The Bertz CT molecular complexity index is 1800. The monoisotopic (exact) mass is 615 g/mol. The number of hydrogen-bond donors (Lipinski definition) is 1. The lowest BCUT2D eigenvalue weighted by molar-refractivity contribution is -0.117. The van der Waals surface area contributed by atoms with Crippen LogP contribution in [0.15, 0.2) is 132 Å². The van der Waals surface area contributed by atoms with Crippen molar-refractivity contribution in [2.24, 2.45) is 5.92 Å². The molecule has 0 aliphatic heterocycles. The van der Waals surface area contributed by atoms with E-state index in [0.717, 1.165) is 40.4 Å². The van der Waals surface area contributed by atoms with E-state index in [1.165, 1.54) is 12.1 Å². The molecule has 1 N–H and O–H groups in total. The summed E-state index contributed by atoms with van der Waals surface area (Å²) in [5.41, 5.74) is 4.98. The summed E-state index contributed by atoms with van der Waals surface area (Å²) in [5.74, 6) is -0.271. The van der Waals surface area contributed by atoms with E-state index in [1.54, 1.807) is 6.07 Å². The minimum absolute atomic E-state index is 0.0157. The number of nitrogens with one attached hydrogen (secondary N) is 1. The van der Waals surface area contributed by atoms with Crippen LogP contribution in [0.5, 0.6) is 0 Å². The zero-order chi connectivity index (χ0) is 28.7. The van der Waals surface area contributed by atoms with Crippen LogP contribution in [-0.2, 0) is 10.3 Å². The highest BCUT2D eigenvalue weighted by atomic mass is 79.9. The number of nitrogens with zero attached hydrogens (tertiary/aromatic N) is 2. The standard InChI is InChI=1S/C36H27BrFN3O/c37-33-30(39-35(42)24-19-20-24)21-22-31-32(33)34(25-11-10-18-29(38)23-25)40-41(31)36(26-12-4-1-5-13-26,27-14-6-2-7-15-27)28-16-8-3-9-17-28/h1-18,21-24H,19-20H2,(H,39,42). The minimum Gasteiger partial charge on any atom is -0.325 e. The fraction of sp³-hybridized carbons (Fsp3) is 0.111. The van der Waals surface area contributed by atoms with E-state index in [4.69, 9.17) is 5.10 Å². The average Bonchev–Trinajstić information content (AvgIpc) is 3.82. The van der Waals surface area contributed by atoms with Crippen LogP contribution < -0.4 is 5.32 Å². The molecule has 6 heteroatoms. The van der Waals surface area contributed by atoms with E-state index in [-0.39, 0.29) is 17.6 Å². The Labute approximate surface area is 252 Å². The smallest absolute Gasteiger partial charge is 0.227 e. The number of anilines is 1. The van der Waals surface area contributed by atoms with Crippen molar-refractivity contribution < 1.29 is 9.18 Å². The first-order valence-electron chi connectivity index (χ1n) is 14.0. The van der Waals surface area contributed by atoms with Gasteiger partial charge in [-0.3, -0.25) is 4.79 Å². The van der Waals surface area contributed by atoms with Gasteiger partial charge in [-0.2, -0.15) is 5.10 Å². The van der Waals surface area contributed by atoms with Gasteiger partial charge in [-0.15, -0.1) is 0 Å². The highest BCUT2D eigenvalue weighted by Crippen LogP contribution is 2.46. The fourth-order valence-electron chi connectivity index (χ4n) is 5.85. The first kappa shape index (κ1) is 26.4. The predicted octanol–water partition coefficient (Wildman–Crippen LogP) is 8.79. The summed E-state index contributed by atoms with van der Waals surface area (Å²) in [4.78, 5) is 12.8. The number of amides is 1. The van der Waals surface area contributed by atoms with E-state index >= 15 is 0 Å². The maximum absolute atomic E-state index is 14.6. The molecule has 0 radical (unpaired) electrons. The average molecular weight is 617 g/mol. The molecule has 6 aromatic rings. The Kier molecular flexibility index (Phi) is 6.71. The van der Waals surface area contributed by atoms with E-state index in [9.17, 15) is 9.18 Å². The van der Waals surface area contributed by atoms with Gasteiger partial charge in [0.15, 0.2) is 0 Å². The van der Waals surface area contributed by atoms with Crippen LogP contribution in [0.1, 0.15) is 29.5 Å². The van der Waals surface area contributed by atoms with Gasteiger partial charge < -0.3 is 5.32 Å². The number of carbonyl (C=O) groups is 1. The van der Waals surface area contributed by atoms with Gasteiger partial charge in [0.25, 0.3) is 0 Å². The van der Waals surface area contributed by atoms with Crippen molar-refractivity contribution in [3.05, 3.63) is 154 Å². The Morgan fingerprint density at radius 3 is 1.88 bits per heavy atom. The normalized spacial score (nSPS) is 13.3. The van der Waals surface area contributed by atoms with Gasteiger partial charge in [-0.25, -0.2) is 9.07 Å². The number of halogens is 2. The Balaban J connectivity index is 1.60. The summed E-state index contributed by atoms with van der Waals surface area (Å²) >= 11 is 3.83. The highest BCUT2D eigenvalue weighted by Gasteiger charge is 2.41. The molecule has 0 spiro atoms. The van der Waals surface area contributed by atoms with Gasteiger partial charge in [0.1, 0.15) is 17.1 Å². The van der Waals surface area contributed by atoms with Crippen molar-refractivity contribution in [2.45, 2.75) is 18.4 Å². The van der Waals surface area contributed by atoms with Gasteiger partial charge in [0.2, 0.25) is 5.91 Å². The molecule has 1 fully saturated rings. The molecule has 7 rings (SSSR count). The van der Waals surface area contributed by atoms with Crippen LogP contribution in [0.3, 0.4) is 0 Å². The van der Waals surface area contributed by atoms with E-state index in [1.807, 2.05) is 72.8 Å². The van der Waals surface area contributed by atoms with Crippen LogP contribution in [-0.4, -0.2) is 15.7 Å². The van der Waals surface area contributed by atoms with Crippen LogP contribution in [0, 0.1) is 11.7 Å². The molecule has 0 saturated heterocycles. The molecule has 4 nitrogen and oxygen atoms in total. The molecule has 5 aromatic carbocycles. The van der Waals surface area contributed by atoms with Gasteiger partial charge in [-0.1, -0.05) is 103 Å². The van der Waals surface area contributed by atoms with Crippen LogP contribution in [0.25, 0.3) is 22.2 Å². The lowest BCUT2D eigenvalue weighted by Crippen LogP contribution is -2.38. The maximum Gasteiger partial charge on any atom is 0.227 e. The third kappa shape index (κ3) is 4.43. The summed E-state index contributed by atoms with van der Waals surface area (Å²) in [6.45, 7) is 0. The maximum atomic E-state index is 14.6. The minimum atomic E-state index is -0.869. The van der Waals surface area contributed by atoms with Crippen LogP contribution in [0.2, 0.25) is 0 Å². The quantitative estimate of drug-likeness (QED) is 0.182. The van der Waals surface area contributed by atoms with E-state index in [0.29, 0.717) is 21.4 Å². The molecular weight excluding hydrogens is 589 g/mol. The van der Waals surface area contributed by atoms with Crippen LogP contribution in [0.4, 0.5) is 10.1 Å². The van der Waals surface area contributed by atoms with Crippen LogP contribution >= 0.6 is 15.9 Å². The number of rotatable bonds is 7. The zero-order valence-corrected chi connectivity index (χ0v) is 24.3. The number of benzene rings is 5.